The average molecular weight is 537 g/mol. The number of aryl methyl sites for hydroxylation is 1. The van der Waals surface area contributed by atoms with E-state index in [4.69, 9.17) is 4.74 Å². The summed E-state index contributed by atoms with van der Waals surface area (Å²) in [6.45, 7) is 6.77. The predicted molar refractivity (Wildman–Crippen MR) is 143 cm³/mol. The summed E-state index contributed by atoms with van der Waals surface area (Å²) in [6, 6.07) is 24.5. The van der Waals surface area contributed by atoms with E-state index in [1.54, 1.807) is 4.90 Å². The second kappa shape index (κ2) is 13.1. The van der Waals surface area contributed by atoms with Gasteiger partial charge in [-0.2, -0.15) is 0 Å². The van der Waals surface area contributed by atoms with E-state index in [2.05, 4.69) is 21.2 Å². The standard InChI is InChI=1S/C29H33BrN2O3/c1-21(2)18-31-29(34)27(17-23-9-5-4-6-10-23)32(19-24-12-14-25(30)15-13-24)28(33)20-35-26-11-7-8-22(3)16-26/h4-16,21,27H,17-20H2,1-3H3,(H,31,34). The van der Waals surface area contributed by atoms with E-state index in [9.17, 15) is 9.59 Å². The van der Waals surface area contributed by atoms with Gasteiger partial charge in [-0.1, -0.05) is 84.4 Å². The predicted octanol–water partition coefficient (Wildman–Crippen LogP) is 5.55. The minimum Gasteiger partial charge on any atom is -0.484 e. The maximum atomic E-state index is 13.6. The van der Waals surface area contributed by atoms with Crippen molar-refractivity contribution in [3.8, 4) is 5.75 Å². The van der Waals surface area contributed by atoms with Gasteiger partial charge >= 0.3 is 0 Å². The van der Waals surface area contributed by atoms with E-state index >= 15 is 0 Å². The first-order valence-electron chi connectivity index (χ1n) is 11.9. The lowest BCUT2D eigenvalue weighted by molar-refractivity contribution is -0.142. The van der Waals surface area contributed by atoms with Crippen LogP contribution in [-0.4, -0.2) is 35.9 Å². The van der Waals surface area contributed by atoms with Gasteiger partial charge in [0.1, 0.15) is 11.8 Å². The number of carbonyl (C=O) groups excluding carboxylic acids is 2. The van der Waals surface area contributed by atoms with Crippen molar-refractivity contribution in [2.45, 2.75) is 39.8 Å². The third-order valence-electron chi connectivity index (χ3n) is 5.57. The van der Waals surface area contributed by atoms with Crippen molar-refractivity contribution in [2.24, 2.45) is 5.92 Å². The Bertz CT molecular complexity index is 1100. The lowest BCUT2D eigenvalue weighted by Crippen LogP contribution is -2.52. The highest BCUT2D eigenvalue weighted by Crippen LogP contribution is 2.18. The van der Waals surface area contributed by atoms with Gasteiger partial charge in [0.15, 0.2) is 6.61 Å². The second-order valence-corrected chi connectivity index (χ2v) is 10.0. The quantitative estimate of drug-likeness (QED) is 0.349. The first-order chi connectivity index (χ1) is 16.8. The fourth-order valence-corrected chi connectivity index (χ4v) is 3.96. The summed E-state index contributed by atoms with van der Waals surface area (Å²) in [7, 11) is 0. The molecule has 3 rings (SSSR count). The van der Waals surface area contributed by atoms with Crippen LogP contribution in [0.2, 0.25) is 0 Å². The van der Waals surface area contributed by atoms with Gasteiger partial charge in [0.25, 0.3) is 5.91 Å². The second-order valence-electron chi connectivity index (χ2n) is 9.10. The number of nitrogens with zero attached hydrogens (tertiary/aromatic N) is 1. The first kappa shape index (κ1) is 26.5. The van der Waals surface area contributed by atoms with Gasteiger partial charge in [0, 0.05) is 24.0 Å². The zero-order chi connectivity index (χ0) is 25.2. The number of hydrogen-bond acceptors (Lipinski definition) is 3. The van der Waals surface area contributed by atoms with Crippen LogP contribution < -0.4 is 10.1 Å². The van der Waals surface area contributed by atoms with Crippen LogP contribution in [0.5, 0.6) is 5.75 Å². The molecule has 0 bridgehead atoms. The SMILES string of the molecule is Cc1cccc(OCC(=O)N(Cc2ccc(Br)cc2)C(Cc2ccccc2)C(=O)NCC(C)C)c1. The van der Waals surface area contributed by atoms with Gasteiger partial charge in [-0.25, -0.2) is 0 Å². The van der Waals surface area contributed by atoms with Crippen molar-refractivity contribution in [1.82, 2.24) is 10.2 Å². The largest absolute Gasteiger partial charge is 0.484 e. The molecule has 3 aromatic carbocycles. The minimum absolute atomic E-state index is 0.150. The fraction of sp³-hybridized carbons (Fsp3) is 0.310. The Kier molecular flexibility index (Phi) is 9.91. The molecule has 0 aliphatic carbocycles. The molecular weight excluding hydrogens is 504 g/mol. The van der Waals surface area contributed by atoms with Crippen LogP contribution in [0.1, 0.15) is 30.5 Å². The average Bonchev–Trinajstić information content (AvgIpc) is 2.85. The Morgan fingerprint density at radius 3 is 2.31 bits per heavy atom. The van der Waals surface area contributed by atoms with Crippen molar-refractivity contribution < 1.29 is 14.3 Å². The maximum Gasteiger partial charge on any atom is 0.261 e. The van der Waals surface area contributed by atoms with E-state index in [-0.39, 0.29) is 18.4 Å². The minimum atomic E-state index is -0.673. The molecule has 0 saturated heterocycles. The lowest BCUT2D eigenvalue weighted by atomic mass is 10.0. The summed E-state index contributed by atoms with van der Waals surface area (Å²) in [6.07, 6.45) is 0.414. The highest BCUT2D eigenvalue weighted by atomic mass is 79.9. The van der Waals surface area contributed by atoms with Crippen molar-refractivity contribution in [1.29, 1.82) is 0 Å². The number of nitrogens with one attached hydrogen (secondary N) is 1. The molecule has 184 valence electrons. The van der Waals surface area contributed by atoms with Crippen LogP contribution in [0.15, 0.2) is 83.3 Å². The Balaban J connectivity index is 1.89. The van der Waals surface area contributed by atoms with E-state index in [1.807, 2.05) is 99.6 Å². The molecule has 0 aromatic heterocycles. The number of ether oxygens (including phenoxy) is 1. The number of benzene rings is 3. The third-order valence-corrected chi connectivity index (χ3v) is 6.10. The smallest absolute Gasteiger partial charge is 0.261 e. The zero-order valence-corrected chi connectivity index (χ0v) is 22.1. The third kappa shape index (κ3) is 8.55. The van der Waals surface area contributed by atoms with Gasteiger partial charge in [0.2, 0.25) is 5.91 Å². The Hall–Kier alpha value is -3.12. The summed E-state index contributed by atoms with van der Waals surface area (Å²) in [5.41, 5.74) is 2.98. The number of carbonyl (C=O) groups is 2. The van der Waals surface area contributed by atoms with Gasteiger partial charge in [-0.15, -0.1) is 0 Å². The maximum absolute atomic E-state index is 13.6. The van der Waals surface area contributed by atoms with Crippen LogP contribution in [0, 0.1) is 12.8 Å². The lowest BCUT2D eigenvalue weighted by Gasteiger charge is -2.31. The highest BCUT2D eigenvalue weighted by Gasteiger charge is 2.30. The topological polar surface area (TPSA) is 58.6 Å². The molecule has 1 unspecified atom stereocenters. The van der Waals surface area contributed by atoms with Crippen molar-refractivity contribution in [2.75, 3.05) is 13.2 Å². The van der Waals surface area contributed by atoms with Gasteiger partial charge in [-0.05, 0) is 53.8 Å². The zero-order valence-electron chi connectivity index (χ0n) is 20.5. The van der Waals surface area contributed by atoms with Crippen molar-refractivity contribution >= 4 is 27.7 Å². The molecule has 0 saturated carbocycles. The van der Waals surface area contributed by atoms with Crippen molar-refractivity contribution in [3.05, 3.63) is 100 Å². The van der Waals surface area contributed by atoms with E-state index in [0.29, 0.717) is 31.2 Å². The van der Waals surface area contributed by atoms with Crippen LogP contribution in [-0.2, 0) is 22.6 Å². The summed E-state index contributed by atoms with van der Waals surface area (Å²) < 4.78 is 6.79. The molecule has 0 radical (unpaired) electrons. The first-order valence-corrected chi connectivity index (χ1v) is 12.7. The van der Waals surface area contributed by atoms with Gasteiger partial charge in [-0.3, -0.25) is 9.59 Å². The number of halogens is 1. The molecule has 0 aliphatic rings. The van der Waals surface area contributed by atoms with Crippen LogP contribution in [0.4, 0.5) is 0 Å². The Morgan fingerprint density at radius 1 is 0.943 bits per heavy atom. The number of rotatable bonds is 11. The van der Waals surface area contributed by atoms with Crippen molar-refractivity contribution in [3.63, 3.8) is 0 Å². The van der Waals surface area contributed by atoms with Gasteiger partial charge < -0.3 is 15.0 Å². The molecule has 3 aromatic rings. The molecule has 2 amide bonds. The molecule has 0 fully saturated rings. The Labute approximate surface area is 216 Å². The fourth-order valence-electron chi connectivity index (χ4n) is 3.70. The molecule has 0 spiro atoms. The highest BCUT2D eigenvalue weighted by molar-refractivity contribution is 9.10. The summed E-state index contributed by atoms with van der Waals surface area (Å²) in [4.78, 5) is 28.6. The molecule has 0 heterocycles. The summed E-state index contributed by atoms with van der Waals surface area (Å²) >= 11 is 3.46. The molecule has 35 heavy (non-hydrogen) atoms. The number of hydrogen-bond donors (Lipinski definition) is 1. The summed E-state index contributed by atoms with van der Waals surface area (Å²) in [5, 5.41) is 3.03. The molecule has 0 aliphatic heterocycles. The van der Waals surface area contributed by atoms with Gasteiger partial charge in [0.05, 0.1) is 0 Å². The number of amides is 2. The normalized spacial score (nSPS) is 11.7. The molecule has 1 atom stereocenters. The molecule has 5 nitrogen and oxygen atoms in total. The molecule has 1 N–H and O–H groups in total. The van der Waals surface area contributed by atoms with E-state index in [0.717, 1.165) is 21.2 Å². The van der Waals surface area contributed by atoms with Crippen LogP contribution >= 0.6 is 15.9 Å². The Morgan fingerprint density at radius 2 is 1.66 bits per heavy atom. The monoisotopic (exact) mass is 536 g/mol. The van der Waals surface area contributed by atoms with E-state index < -0.39 is 6.04 Å². The van der Waals surface area contributed by atoms with E-state index in [1.165, 1.54) is 0 Å². The van der Waals surface area contributed by atoms with Crippen LogP contribution in [0.25, 0.3) is 0 Å². The van der Waals surface area contributed by atoms with Crippen LogP contribution in [0.3, 0.4) is 0 Å². The molecular formula is C29H33BrN2O3. The molecule has 6 heteroatoms. The summed E-state index contributed by atoms with van der Waals surface area (Å²) in [5.74, 6) is 0.529.